The summed E-state index contributed by atoms with van der Waals surface area (Å²) in [5.41, 5.74) is 1.84. The third-order valence-corrected chi connectivity index (χ3v) is 3.84. The van der Waals surface area contributed by atoms with Crippen molar-refractivity contribution in [1.82, 2.24) is 4.98 Å². The molecule has 2 aromatic carbocycles. The molecule has 28 heavy (non-hydrogen) atoms. The minimum atomic E-state index is -0.632. The fourth-order valence-electron chi connectivity index (χ4n) is 2.46. The van der Waals surface area contributed by atoms with Crippen molar-refractivity contribution >= 4 is 17.6 Å². The lowest BCUT2D eigenvalue weighted by atomic mass is 10.1. The van der Waals surface area contributed by atoms with E-state index in [0.29, 0.717) is 22.6 Å². The normalized spacial score (nSPS) is 10.8. The number of nitriles is 1. The van der Waals surface area contributed by atoms with E-state index in [-0.39, 0.29) is 11.3 Å². The van der Waals surface area contributed by atoms with E-state index in [2.05, 4.69) is 11.1 Å². The van der Waals surface area contributed by atoms with Crippen molar-refractivity contribution < 1.29 is 18.7 Å². The van der Waals surface area contributed by atoms with Gasteiger partial charge in [0, 0.05) is 6.20 Å². The molecule has 0 bridgehead atoms. The van der Waals surface area contributed by atoms with Crippen molar-refractivity contribution in [2.75, 3.05) is 7.11 Å². The van der Waals surface area contributed by atoms with E-state index in [1.807, 2.05) is 0 Å². The quantitative estimate of drug-likeness (QED) is 0.373. The molecule has 0 atom stereocenters. The highest BCUT2D eigenvalue weighted by molar-refractivity contribution is 5.92. The van der Waals surface area contributed by atoms with Gasteiger partial charge in [-0.2, -0.15) is 5.26 Å². The smallest absolute Gasteiger partial charge is 0.343 e. The Morgan fingerprint density at radius 2 is 1.89 bits per heavy atom. The summed E-state index contributed by atoms with van der Waals surface area (Å²) in [6.45, 7) is 0. The average molecular weight is 374 g/mol. The molecule has 0 aliphatic heterocycles. The van der Waals surface area contributed by atoms with Crippen LogP contribution in [-0.4, -0.2) is 18.1 Å². The summed E-state index contributed by atoms with van der Waals surface area (Å²) in [6.07, 6.45) is 3.27. The maximum atomic E-state index is 13.0. The highest BCUT2D eigenvalue weighted by Crippen LogP contribution is 2.30. The standard InChI is InChI=1S/C22H15FN2O3/c1-27-21-13-15(12-17(14-24)19-4-2-3-11-25-19)5-10-20(21)28-22(26)16-6-8-18(23)9-7-16/h2-13H,1H3/b17-12+. The number of carbonyl (C=O) groups excluding carboxylic acids is 1. The summed E-state index contributed by atoms with van der Waals surface area (Å²) in [7, 11) is 1.45. The Balaban J connectivity index is 1.86. The molecule has 5 nitrogen and oxygen atoms in total. The fourth-order valence-corrected chi connectivity index (χ4v) is 2.46. The van der Waals surface area contributed by atoms with Crippen molar-refractivity contribution in [3.8, 4) is 17.6 Å². The van der Waals surface area contributed by atoms with Crippen molar-refractivity contribution in [3.05, 3.63) is 89.5 Å². The van der Waals surface area contributed by atoms with Crippen LogP contribution in [-0.2, 0) is 0 Å². The fraction of sp³-hybridized carbons (Fsp3) is 0.0455. The van der Waals surface area contributed by atoms with Gasteiger partial charge in [0.05, 0.1) is 23.9 Å². The molecule has 1 heterocycles. The first-order chi connectivity index (χ1) is 13.6. The van der Waals surface area contributed by atoms with Crippen LogP contribution in [0.15, 0.2) is 66.9 Å². The van der Waals surface area contributed by atoms with Gasteiger partial charge in [0.25, 0.3) is 0 Å². The third-order valence-electron chi connectivity index (χ3n) is 3.84. The van der Waals surface area contributed by atoms with Gasteiger partial charge in [-0.15, -0.1) is 0 Å². The number of rotatable bonds is 5. The zero-order valence-electron chi connectivity index (χ0n) is 14.9. The molecule has 0 aliphatic carbocycles. The SMILES string of the molecule is COc1cc(/C=C(\C#N)c2ccccn2)ccc1OC(=O)c1ccc(F)cc1. The van der Waals surface area contributed by atoms with Crippen molar-refractivity contribution in [2.45, 2.75) is 0 Å². The number of carbonyl (C=O) groups is 1. The topological polar surface area (TPSA) is 72.2 Å². The van der Waals surface area contributed by atoms with E-state index in [0.717, 1.165) is 0 Å². The summed E-state index contributed by atoms with van der Waals surface area (Å²) in [6, 6.07) is 17.4. The van der Waals surface area contributed by atoms with Crippen LogP contribution in [0.25, 0.3) is 11.6 Å². The molecule has 0 aliphatic rings. The van der Waals surface area contributed by atoms with Crippen LogP contribution in [0.2, 0.25) is 0 Å². The molecule has 0 fully saturated rings. The van der Waals surface area contributed by atoms with Gasteiger partial charge in [-0.1, -0.05) is 12.1 Å². The first-order valence-corrected chi connectivity index (χ1v) is 8.29. The Morgan fingerprint density at radius 3 is 2.54 bits per heavy atom. The van der Waals surface area contributed by atoms with Gasteiger partial charge in [-0.3, -0.25) is 4.98 Å². The second-order valence-corrected chi connectivity index (χ2v) is 5.69. The molecular formula is C22H15FN2O3. The number of ether oxygens (including phenoxy) is 2. The molecule has 6 heteroatoms. The number of halogens is 1. The lowest BCUT2D eigenvalue weighted by molar-refractivity contribution is 0.0729. The van der Waals surface area contributed by atoms with Crippen LogP contribution in [0.1, 0.15) is 21.6 Å². The Morgan fingerprint density at radius 1 is 1.11 bits per heavy atom. The minimum Gasteiger partial charge on any atom is -0.493 e. The van der Waals surface area contributed by atoms with E-state index < -0.39 is 11.8 Å². The molecule has 0 spiro atoms. The summed E-state index contributed by atoms with van der Waals surface area (Å²) in [5.74, 6) is -0.535. The summed E-state index contributed by atoms with van der Waals surface area (Å²) >= 11 is 0. The second-order valence-electron chi connectivity index (χ2n) is 5.69. The molecule has 0 unspecified atom stereocenters. The lowest BCUT2D eigenvalue weighted by Crippen LogP contribution is -2.09. The van der Waals surface area contributed by atoms with E-state index in [9.17, 15) is 14.4 Å². The van der Waals surface area contributed by atoms with Crippen molar-refractivity contribution in [1.29, 1.82) is 5.26 Å². The monoisotopic (exact) mass is 374 g/mol. The predicted octanol–water partition coefficient (Wildman–Crippen LogP) is 4.51. The average Bonchev–Trinajstić information content (AvgIpc) is 2.74. The van der Waals surface area contributed by atoms with Gasteiger partial charge in [0.1, 0.15) is 11.9 Å². The van der Waals surface area contributed by atoms with E-state index in [1.54, 1.807) is 48.7 Å². The molecule has 0 saturated carbocycles. The molecule has 0 N–H and O–H groups in total. The first-order valence-electron chi connectivity index (χ1n) is 8.29. The molecule has 0 radical (unpaired) electrons. The van der Waals surface area contributed by atoms with E-state index >= 15 is 0 Å². The summed E-state index contributed by atoms with van der Waals surface area (Å²) < 4.78 is 23.6. The number of hydrogen-bond acceptors (Lipinski definition) is 5. The zero-order valence-corrected chi connectivity index (χ0v) is 14.9. The van der Waals surface area contributed by atoms with Crippen LogP contribution >= 0.6 is 0 Å². The zero-order chi connectivity index (χ0) is 19.9. The highest BCUT2D eigenvalue weighted by atomic mass is 19.1. The molecule has 0 amide bonds. The number of benzene rings is 2. The van der Waals surface area contributed by atoms with Crippen LogP contribution in [0, 0.1) is 17.1 Å². The van der Waals surface area contributed by atoms with Gasteiger partial charge >= 0.3 is 5.97 Å². The molecule has 0 saturated heterocycles. The van der Waals surface area contributed by atoms with Crippen LogP contribution in [0.5, 0.6) is 11.5 Å². The van der Waals surface area contributed by atoms with Crippen LogP contribution < -0.4 is 9.47 Å². The van der Waals surface area contributed by atoms with Gasteiger partial charge in [-0.25, -0.2) is 9.18 Å². The minimum absolute atomic E-state index is 0.213. The third kappa shape index (κ3) is 4.40. The molecular weight excluding hydrogens is 359 g/mol. The second kappa shape index (κ2) is 8.60. The molecule has 3 rings (SSSR count). The number of hydrogen-bond donors (Lipinski definition) is 0. The summed E-state index contributed by atoms with van der Waals surface area (Å²) in [4.78, 5) is 16.4. The van der Waals surface area contributed by atoms with Gasteiger partial charge in [0.2, 0.25) is 0 Å². The van der Waals surface area contributed by atoms with Crippen molar-refractivity contribution in [3.63, 3.8) is 0 Å². The maximum absolute atomic E-state index is 13.0. The van der Waals surface area contributed by atoms with Gasteiger partial charge in [-0.05, 0) is 60.2 Å². The van der Waals surface area contributed by atoms with E-state index in [1.165, 1.54) is 31.4 Å². The Bertz CT molecular complexity index is 1060. The molecule has 3 aromatic rings. The number of allylic oxidation sites excluding steroid dienone is 1. The Hall–Kier alpha value is -3.98. The first kappa shape index (κ1) is 18.8. The van der Waals surface area contributed by atoms with Crippen molar-refractivity contribution in [2.24, 2.45) is 0 Å². The van der Waals surface area contributed by atoms with Gasteiger partial charge < -0.3 is 9.47 Å². The number of nitrogens with zero attached hydrogens (tertiary/aromatic N) is 2. The highest BCUT2D eigenvalue weighted by Gasteiger charge is 2.13. The van der Waals surface area contributed by atoms with Gasteiger partial charge in [0.15, 0.2) is 11.5 Å². The van der Waals surface area contributed by atoms with Crippen LogP contribution in [0.3, 0.4) is 0 Å². The number of aromatic nitrogens is 1. The van der Waals surface area contributed by atoms with Crippen LogP contribution in [0.4, 0.5) is 4.39 Å². The number of pyridine rings is 1. The Kier molecular flexibility index (Phi) is 5.78. The van der Waals surface area contributed by atoms with E-state index in [4.69, 9.17) is 9.47 Å². The Labute approximate surface area is 161 Å². The number of esters is 1. The summed E-state index contributed by atoms with van der Waals surface area (Å²) in [5, 5.41) is 9.40. The maximum Gasteiger partial charge on any atom is 0.343 e. The molecule has 138 valence electrons. The predicted molar refractivity (Wildman–Crippen MR) is 102 cm³/mol. The molecule has 1 aromatic heterocycles. The number of methoxy groups -OCH3 is 1. The lowest BCUT2D eigenvalue weighted by Gasteiger charge is -2.10. The largest absolute Gasteiger partial charge is 0.493 e.